The second kappa shape index (κ2) is 6.57. The molecule has 0 aromatic heterocycles. The van der Waals surface area contributed by atoms with Crippen LogP contribution >= 0.6 is 11.6 Å². The Balaban J connectivity index is 1.89. The van der Waals surface area contributed by atoms with Crippen LogP contribution in [0.2, 0.25) is 5.02 Å². The molecule has 1 aliphatic heterocycles. The fourth-order valence-corrected chi connectivity index (χ4v) is 2.91. The minimum atomic E-state index is -1.17. The molecule has 26 heavy (non-hydrogen) atoms. The first-order chi connectivity index (χ1) is 12.3. The Kier molecular flexibility index (Phi) is 4.43. The van der Waals surface area contributed by atoms with Crippen LogP contribution in [0.4, 0.5) is 11.4 Å². The zero-order chi connectivity index (χ0) is 19.0. The van der Waals surface area contributed by atoms with Gasteiger partial charge in [-0.3, -0.25) is 29.4 Å². The van der Waals surface area contributed by atoms with Gasteiger partial charge in [-0.1, -0.05) is 23.7 Å². The topological polar surface area (TPSA) is 110 Å². The normalized spacial score (nSPS) is 14.2. The number of hydrogen-bond donors (Lipinski definition) is 1. The third-order valence-corrected chi connectivity index (χ3v) is 4.22. The maximum Gasteiger partial charge on any atom is 0.282 e. The lowest BCUT2D eigenvalue weighted by Crippen LogP contribution is -2.45. The van der Waals surface area contributed by atoms with Gasteiger partial charge in [0.2, 0.25) is 5.91 Å². The summed E-state index contributed by atoms with van der Waals surface area (Å²) in [6, 6.07) is 9.00. The van der Waals surface area contributed by atoms with E-state index in [0.29, 0.717) is 10.7 Å². The largest absolute Gasteiger partial charge is 0.324 e. The number of carbonyl (C=O) groups excluding carboxylic acids is 3. The Bertz CT molecular complexity index is 959. The lowest BCUT2D eigenvalue weighted by molar-refractivity contribution is -0.385. The number of hydrogen-bond acceptors (Lipinski definition) is 5. The molecule has 0 fully saturated rings. The number of rotatable bonds is 4. The average molecular weight is 374 g/mol. The zero-order valence-electron chi connectivity index (χ0n) is 13.4. The van der Waals surface area contributed by atoms with Gasteiger partial charge in [-0.25, -0.2) is 0 Å². The number of nitro benzene ring substituents is 1. The van der Waals surface area contributed by atoms with E-state index in [2.05, 4.69) is 5.32 Å². The van der Waals surface area contributed by atoms with Crippen LogP contribution in [-0.4, -0.2) is 33.6 Å². The first-order valence-corrected chi connectivity index (χ1v) is 7.90. The lowest BCUT2D eigenvalue weighted by Gasteiger charge is -2.21. The van der Waals surface area contributed by atoms with Gasteiger partial charge in [0.05, 0.1) is 10.5 Å². The SMILES string of the molecule is CC(C(=O)Nc1cccc(Cl)c1)N1C(=O)c2cccc([N+](=O)[O-])c2C1=O. The molecule has 0 spiro atoms. The van der Waals surface area contributed by atoms with Crippen LogP contribution in [0.15, 0.2) is 42.5 Å². The smallest absolute Gasteiger partial charge is 0.282 e. The summed E-state index contributed by atoms with van der Waals surface area (Å²) in [5, 5.41) is 14.1. The van der Waals surface area contributed by atoms with Crippen LogP contribution in [0, 0.1) is 10.1 Å². The maximum atomic E-state index is 12.6. The van der Waals surface area contributed by atoms with E-state index in [1.54, 1.807) is 18.2 Å². The molecule has 2 aromatic carbocycles. The van der Waals surface area contributed by atoms with Crippen LogP contribution in [-0.2, 0) is 4.79 Å². The Morgan fingerprint density at radius 1 is 1.19 bits per heavy atom. The van der Waals surface area contributed by atoms with Gasteiger partial charge < -0.3 is 5.32 Å². The van der Waals surface area contributed by atoms with E-state index in [0.717, 1.165) is 11.0 Å². The maximum absolute atomic E-state index is 12.6. The second-order valence-electron chi connectivity index (χ2n) is 5.61. The van der Waals surface area contributed by atoms with Gasteiger partial charge in [-0.15, -0.1) is 0 Å². The van der Waals surface area contributed by atoms with E-state index >= 15 is 0 Å². The van der Waals surface area contributed by atoms with Crippen LogP contribution in [0.1, 0.15) is 27.6 Å². The number of carbonyl (C=O) groups is 3. The highest BCUT2D eigenvalue weighted by atomic mass is 35.5. The standard InChI is InChI=1S/C17H12ClN3O5/c1-9(15(22)19-11-5-2-4-10(18)8-11)20-16(23)12-6-3-7-13(21(25)26)14(12)17(20)24/h2-9H,1H3,(H,19,22). The van der Waals surface area contributed by atoms with Gasteiger partial charge in [0.1, 0.15) is 11.6 Å². The van der Waals surface area contributed by atoms with Gasteiger partial charge in [0.15, 0.2) is 0 Å². The lowest BCUT2D eigenvalue weighted by atomic mass is 10.1. The van der Waals surface area contributed by atoms with Crippen LogP contribution in [0.3, 0.4) is 0 Å². The number of anilines is 1. The number of amides is 3. The zero-order valence-corrected chi connectivity index (χ0v) is 14.2. The molecule has 0 bridgehead atoms. The third-order valence-electron chi connectivity index (χ3n) is 3.98. The van der Waals surface area contributed by atoms with Crippen LogP contribution < -0.4 is 5.32 Å². The molecule has 1 N–H and O–H groups in total. The summed E-state index contributed by atoms with van der Waals surface area (Å²) in [6.45, 7) is 1.37. The molecular formula is C17H12ClN3O5. The molecule has 0 saturated heterocycles. The van der Waals surface area contributed by atoms with Crippen molar-refractivity contribution >= 4 is 40.7 Å². The van der Waals surface area contributed by atoms with Gasteiger partial charge >= 0.3 is 0 Å². The van der Waals surface area contributed by atoms with Crippen molar-refractivity contribution < 1.29 is 19.3 Å². The molecule has 1 atom stereocenters. The van der Waals surface area contributed by atoms with Crippen molar-refractivity contribution in [1.82, 2.24) is 4.90 Å². The molecule has 2 aromatic rings. The molecule has 0 saturated carbocycles. The summed E-state index contributed by atoms with van der Waals surface area (Å²) in [6.07, 6.45) is 0. The number of halogens is 1. The average Bonchev–Trinajstić information content (AvgIpc) is 2.85. The van der Waals surface area contributed by atoms with Crippen molar-refractivity contribution in [2.75, 3.05) is 5.32 Å². The highest BCUT2D eigenvalue weighted by Crippen LogP contribution is 2.32. The number of nitrogens with zero attached hydrogens (tertiary/aromatic N) is 2. The molecule has 1 unspecified atom stereocenters. The van der Waals surface area contributed by atoms with E-state index in [1.807, 2.05) is 0 Å². The predicted octanol–water partition coefficient (Wildman–Crippen LogP) is 2.87. The molecule has 132 valence electrons. The van der Waals surface area contributed by atoms with Crippen LogP contribution in [0.25, 0.3) is 0 Å². The fraction of sp³-hybridized carbons (Fsp3) is 0.118. The second-order valence-corrected chi connectivity index (χ2v) is 6.05. The van der Waals surface area contributed by atoms with Crippen molar-refractivity contribution in [3.63, 3.8) is 0 Å². The molecule has 3 amide bonds. The van der Waals surface area contributed by atoms with E-state index in [9.17, 15) is 24.5 Å². The highest BCUT2D eigenvalue weighted by Gasteiger charge is 2.44. The monoisotopic (exact) mass is 373 g/mol. The van der Waals surface area contributed by atoms with E-state index in [4.69, 9.17) is 11.6 Å². The van der Waals surface area contributed by atoms with E-state index in [-0.39, 0.29) is 11.1 Å². The summed E-state index contributed by atoms with van der Waals surface area (Å²) in [7, 11) is 0. The highest BCUT2D eigenvalue weighted by molar-refractivity contribution is 6.31. The van der Waals surface area contributed by atoms with Crippen molar-refractivity contribution in [2.24, 2.45) is 0 Å². The molecule has 1 heterocycles. The Morgan fingerprint density at radius 3 is 2.54 bits per heavy atom. The van der Waals surface area contributed by atoms with Crippen molar-refractivity contribution in [3.8, 4) is 0 Å². The minimum Gasteiger partial charge on any atom is -0.324 e. The predicted molar refractivity (Wildman–Crippen MR) is 93.1 cm³/mol. The first kappa shape index (κ1) is 17.6. The molecule has 0 aliphatic carbocycles. The molecule has 8 nitrogen and oxygen atoms in total. The van der Waals surface area contributed by atoms with Crippen molar-refractivity contribution in [2.45, 2.75) is 13.0 Å². The molecular weight excluding hydrogens is 362 g/mol. The number of benzene rings is 2. The van der Waals surface area contributed by atoms with Gasteiger partial charge in [-0.2, -0.15) is 0 Å². The van der Waals surface area contributed by atoms with Gasteiger partial charge in [0.25, 0.3) is 17.5 Å². The Morgan fingerprint density at radius 2 is 1.88 bits per heavy atom. The number of nitrogens with one attached hydrogen (secondary N) is 1. The number of fused-ring (bicyclic) bond motifs is 1. The third kappa shape index (κ3) is 2.91. The molecule has 1 aliphatic rings. The van der Waals surface area contributed by atoms with E-state index in [1.165, 1.54) is 25.1 Å². The quantitative estimate of drug-likeness (QED) is 0.503. The summed E-state index contributed by atoms with van der Waals surface area (Å²) in [5.41, 5.74) is -0.459. The molecule has 0 radical (unpaired) electrons. The summed E-state index contributed by atoms with van der Waals surface area (Å²) < 4.78 is 0. The van der Waals surface area contributed by atoms with Crippen molar-refractivity contribution in [1.29, 1.82) is 0 Å². The van der Waals surface area contributed by atoms with Gasteiger partial charge in [-0.05, 0) is 31.2 Å². The molecule has 9 heteroatoms. The van der Waals surface area contributed by atoms with Crippen molar-refractivity contribution in [3.05, 3.63) is 68.7 Å². The number of imide groups is 1. The summed E-state index contributed by atoms with van der Waals surface area (Å²) in [5.74, 6) is -2.24. The Hall–Kier alpha value is -3.26. The minimum absolute atomic E-state index is 0.0911. The molecule has 3 rings (SSSR count). The number of nitro groups is 1. The van der Waals surface area contributed by atoms with E-state index < -0.39 is 34.4 Å². The fourth-order valence-electron chi connectivity index (χ4n) is 2.72. The van der Waals surface area contributed by atoms with Crippen LogP contribution in [0.5, 0.6) is 0 Å². The summed E-state index contributed by atoms with van der Waals surface area (Å²) >= 11 is 5.86. The Labute approximate surface area is 152 Å². The summed E-state index contributed by atoms with van der Waals surface area (Å²) in [4.78, 5) is 48.7. The first-order valence-electron chi connectivity index (χ1n) is 7.53. The van der Waals surface area contributed by atoms with Gasteiger partial charge in [0, 0.05) is 16.8 Å².